The maximum absolute atomic E-state index is 12.5. The molecule has 1 amide bonds. The molecule has 2 aromatic rings. The first-order valence-electron chi connectivity index (χ1n) is 7.54. The first-order chi connectivity index (χ1) is 11.2. The van der Waals surface area contributed by atoms with Gasteiger partial charge in [0.25, 0.3) is 5.91 Å². The molecule has 6 nitrogen and oxygen atoms in total. The number of carbonyl (C=O) groups is 1. The van der Waals surface area contributed by atoms with Gasteiger partial charge in [-0.15, -0.1) is 0 Å². The van der Waals surface area contributed by atoms with E-state index in [0.717, 1.165) is 12.0 Å². The number of nitrogens with zero attached hydrogens (tertiary/aromatic N) is 3. The zero-order chi connectivity index (χ0) is 16.2. The lowest BCUT2D eigenvalue weighted by Crippen LogP contribution is -2.31. The van der Waals surface area contributed by atoms with Gasteiger partial charge < -0.3 is 14.4 Å². The number of hydrogen-bond acceptors (Lipinski definition) is 5. The van der Waals surface area contributed by atoms with E-state index < -0.39 is 0 Å². The molecule has 0 radical (unpaired) electrons. The standard InChI is InChI=1S/C17H19N3O3/c1-12-3-5-16(18-9-12)23-14-7-8-20(11-14)17(21)13-4-6-15(22-2)19-10-13/h3-6,9-10,14H,7-8,11H2,1-2H3. The first-order valence-corrected chi connectivity index (χ1v) is 7.54. The second kappa shape index (κ2) is 6.64. The van der Waals surface area contributed by atoms with Gasteiger partial charge in [-0.3, -0.25) is 4.79 Å². The predicted octanol–water partition coefficient (Wildman–Crippen LogP) is 2.09. The van der Waals surface area contributed by atoms with Gasteiger partial charge in [-0.05, 0) is 18.6 Å². The van der Waals surface area contributed by atoms with Crippen LogP contribution in [-0.4, -0.2) is 47.1 Å². The van der Waals surface area contributed by atoms with Gasteiger partial charge in [0.05, 0.1) is 19.2 Å². The van der Waals surface area contributed by atoms with Gasteiger partial charge in [0.15, 0.2) is 0 Å². The third-order valence-corrected chi connectivity index (χ3v) is 3.80. The van der Waals surface area contributed by atoms with Crippen LogP contribution in [-0.2, 0) is 0 Å². The lowest BCUT2D eigenvalue weighted by molar-refractivity contribution is 0.0770. The van der Waals surface area contributed by atoms with Crippen molar-refractivity contribution in [3.63, 3.8) is 0 Å². The highest BCUT2D eigenvalue weighted by molar-refractivity contribution is 5.94. The number of aromatic nitrogens is 2. The first kappa shape index (κ1) is 15.3. The normalized spacial score (nSPS) is 17.1. The summed E-state index contributed by atoms with van der Waals surface area (Å²) in [6.07, 6.45) is 4.08. The number of amides is 1. The Bertz CT molecular complexity index is 670. The highest BCUT2D eigenvalue weighted by atomic mass is 16.5. The summed E-state index contributed by atoms with van der Waals surface area (Å²) >= 11 is 0. The lowest BCUT2D eigenvalue weighted by Gasteiger charge is -2.17. The van der Waals surface area contributed by atoms with Gasteiger partial charge in [-0.25, -0.2) is 9.97 Å². The maximum Gasteiger partial charge on any atom is 0.255 e. The Morgan fingerprint density at radius 1 is 1.17 bits per heavy atom. The minimum absolute atomic E-state index is 0.0274. The third kappa shape index (κ3) is 3.59. The number of rotatable bonds is 4. The number of aryl methyl sites for hydroxylation is 1. The fourth-order valence-electron chi connectivity index (χ4n) is 2.51. The average molecular weight is 313 g/mol. The molecular formula is C17H19N3O3. The molecule has 1 aliphatic heterocycles. The number of pyridine rings is 2. The van der Waals surface area contributed by atoms with Crippen LogP contribution in [0, 0.1) is 6.92 Å². The van der Waals surface area contributed by atoms with Crippen molar-refractivity contribution in [1.29, 1.82) is 0 Å². The Kier molecular flexibility index (Phi) is 4.41. The van der Waals surface area contributed by atoms with Crippen molar-refractivity contribution in [3.05, 3.63) is 47.8 Å². The Morgan fingerprint density at radius 3 is 2.61 bits per heavy atom. The summed E-state index contributed by atoms with van der Waals surface area (Å²) in [6.45, 7) is 3.21. The number of carbonyl (C=O) groups excluding carboxylic acids is 1. The smallest absolute Gasteiger partial charge is 0.255 e. The van der Waals surface area contributed by atoms with Crippen LogP contribution in [0.15, 0.2) is 36.7 Å². The summed E-state index contributed by atoms with van der Waals surface area (Å²) < 4.78 is 10.8. The minimum atomic E-state index is -0.0388. The third-order valence-electron chi connectivity index (χ3n) is 3.80. The quantitative estimate of drug-likeness (QED) is 0.865. The number of ether oxygens (including phenoxy) is 2. The van der Waals surface area contributed by atoms with E-state index in [0.29, 0.717) is 30.4 Å². The van der Waals surface area contributed by atoms with Crippen molar-refractivity contribution < 1.29 is 14.3 Å². The van der Waals surface area contributed by atoms with Crippen molar-refractivity contribution in [2.45, 2.75) is 19.4 Å². The van der Waals surface area contributed by atoms with E-state index in [1.807, 2.05) is 19.1 Å². The minimum Gasteiger partial charge on any atom is -0.481 e. The topological polar surface area (TPSA) is 64.5 Å². The van der Waals surface area contributed by atoms with Crippen molar-refractivity contribution in [2.24, 2.45) is 0 Å². The molecule has 1 fully saturated rings. The molecule has 1 atom stereocenters. The van der Waals surface area contributed by atoms with Gasteiger partial charge in [0, 0.05) is 37.5 Å². The Hall–Kier alpha value is -2.63. The highest BCUT2D eigenvalue weighted by Crippen LogP contribution is 2.19. The average Bonchev–Trinajstić information content (AvgIpc) is 3.05. The second-order valence-corrected chi connectivity index (χ2v) is 5.54. The molecule has 0 N–H and O–H groups in total. The zero-order valence-corrected chi connectivity index (χ0v) is 13.2. The summed E-state index contributed by atoms with van der Waals surface area (Å²) in [4.78, 5) is 22.6. The van der Waals surface area contributed by atoms with E-state index in [1.165, 1.54) is 6.20 Å². The van der Waals surface area contributed by atoms with Gasteiger partial charge in [-0.1, -0.05) is 6.07 Å². The molecule has 6 heteroatoms. The van der Waals surface area contributed by atoms with Crippen LogP contribution < -0.4 is 9.47 Å². The Labute approximate surface area is 135 Å². The van der Waals surface area contributed by atoms with Gasteiger partial charge in [0.2, 0.25) is 11.8 Å². The second-order valence-electron chi connectivity index (χ2n) is 5.54. The molecular weight excluding hydrogens is 294 g/mol. The molecule has 0 aliphatic carbocycles. The van der Waals surface area contributed by atoms with E-state index in [-0.39, 0.29) is 12.0 Å². The van der Waals surface area contributed by atoms with Crippen LogP contribution in [0.2, 0.25) is 0 Å². The van der Waals surface area contributed by atoms with E-state index in [2.05, 4.69) is 9.97 Å². The van der Waals surface area contributed by atoms with Crippen LogP contribution in [0.25, 0.3) is 0 Å². The molecule has 2 aromatic heterocycles. The molecule has 23 heavy (non-hydrogen) atoms. The summed E-state index contributed by atoms with van der Waals surface area (Å²) in [6, 6.07) is 7.23. The Balaban J connectivity index is 1.60. The molecule has 0 saturated carbocycles. The van der Waals surface area contributed by atoms with Gasteiger partial charge >= 0.3 is 0 Å². The molecule has 0 aromatic carbocycles. The van der Waals surface area contributed by atoms with Crippen LogP contribution in [0.5, 0.6) is 11.8 Å². The largest absolute Gasteiger partial charge is 0.481 e. The van der Waals surface area contributed by atoms with Crippen molar-refractivity contribution in [3.8, 4) is 11.8 Å². The number of likely N-dealkylation sites (tertiary alicyclic amines) is 1. The Morgan fingerprint density at radius 2 is 1.96 bits per heavy atom. The lowest BCUT2D eigenvalue weighted by atomic mass is 10.2. The van der Waals surface area contributed by atoms with Crippen molar-refractivity contribution in [1.82, 2.24) is 14.9 Å². The molecule has 0 spiro atoms. The predicted molar refractivity (Wildman–Crippen MR) is 84.7 cm³/mol. The van der Waals surface area contributed by atoms with E-state index in [1.54, 1.807) is 30.3 Å². The van der Waals surface area contributed by atoms with Crippen LogP contribution in [0.4, 0.5) is 0 Å². The van der Waals surface area contributed by atoms with Crippen LogP contribution in [0.1, 0.15) is 22.3 Å². The van der Waals surface area contributed by atoms with Crippen molar-refractivity contribution in [2.75, 3.05) is 20.2 Å². The fraction of sp³-hybridized carbons (Fsp3) is 0.353. The number of hydrogen-bond donors (Lipinski definition) is 0. The summed E-state index contributed by atoms with van der Waals surface area (Å²) in [5, 5.41) is 0. The van der Waals surface area contributed by atoms with E-state index >= 15 is 0 Å². The van der Waals surface area contributed by atoms with Crippen molar-refractivity contribution >= 4 is 5.91 Å². The van der Waals surface area contributed by atoms with Gasteiger partial charge in [0.1, 0.15) is 6.10 Å². The molecule has 1 aliphatic rings. The number of methoxy groups -OCH3 is 1. The van der Waals surface area contributed by atoms with Crippen LogP contribution >= 0.6 is 0 Å². The summed E-state index contributed by atoms with van der Waals surface area (Å²) in [5.41, 5.74) is 1.65. The van der Waals surface area contributed by atoms with Crippen LogP contribution in [0.3, 0.4) is 0 Å². The van der Waals surface area contributed by atoms with Gasteiger partial charge in [-0.2, -0.15) is 0 Å². The monoisotopic (exact) mass is 313 g/mol. The maximum atomic E-state index is 12.5. The van der Waals surface area contributed by atoms with E-state index in [9.17, 15) is 4.79 Å². The zero-order valence-electron chi connectivity index (χ0n) is 13.2. The molecule has 120 valence electrons. The molecule has 1 saturated heterocycles. The fourth-order valence-corrected chi connectivity index (χ4v) is 2.51. The summed E-state index contributed by atoms with van der Waals surface area (Å²) in [7, 11) is 1.55. The molecule has 3 rings (SSSR count). The highest BCUT2D eigenvalue weighted by Gasteiger charge is 2.28. The van der Waals surface area contributed by atoms with E-state index in [4.69, 9.17) is 9.47 Å². The SMILES string of the molecule is COc1ccc(C(=O)N2CCC(Oc3ccc(C)cn3)C2)cn1. The molecule has 3 heterocycles. The molecule has 1 unspecified atom stereocenters. The summed E-state index contributed by atoms with van der Waals surface area (Å²) in [5.74, 6) is 1.05. The molecule has 0 bridgehead atoms.